The summed E-state index contributed by atoms with van der Waals surface area (Å²) in [6, 6.07) is 7.30. The van der Waals surface area contributed by atoms with Gasteiger partial charge < -0.3 is 14.6 Å². The predicted molar refractivity (Wildman–Crippen MR) is 58.3 cm³/mol. The molecule has 16 heavy (non-hydrogen) atoms. The summed E-state index contributed by atoms with van der Waals surface area (Å²) in [6.45, 7) is 1.24. The Kier molecular flexibility index (Phi) is 3.22. The molecule has 2 rings (SSSR count). The lowest BCUT2D eigenvalue weighted by molar-refractivity contribution is -0.131. The first kappa shape index (κ1) is 10.7. The molecule has 1 aliphatic heterocycles. The van der Waals surface area contributed by atoms with Crippen molar-refractivity contribution in [1.29, 1.82) is 0 Å². The van der Waals surface area contributed by atoms with Crippen LogP contribution in [-0.4, -0.2) is 30.4 Å². The van der Waals surface area contributed by atoms with E-state index < -0.39 is 5.97 Å². The molecule has 0 atom stereocenters. The molecule has 4 heteroatoms. The molecule has 0 aromatic heterocycles. The largest absolute Gasteiger partial charge is 0.486 e. The van der Waals surface area contributed by atoms with Crippen molar-refractivity contribution in [3.05, 3.63) is 35.9 Å². The van der Waals surface area contributed by atoms with Crippen LogP contribution in [0.3, 0.4) is 0 Å². The van der Waals surface area contributed by atoms with Crippen LogP contribution in [0.4, 0.5) is 0 Å². The van der Waals surface area contributed by atoms with Crippen LogP contribution in [0.25, 0.3) is 6.08 Å². The highest BCUT2D eigenvalue weighted by Crippen LogP contribution is 2.18. The van der Waals surface area contributed by atoms with Gasteiger partial charge in [0, 0.05) is 6.08 Å². The predicted octanol–water partition coefficient (Wildman–Crippen LogP) is 1.56. The molecule has 1 aromatic carbocycles. The Hall–Kier alpha value is -1.81. The maximum atomic E-state index is 10.4. The molecule has 0 spiro atoms. The number of hydrogen-bond donors (Lipinski definition) is 1. The lowest BCUT2D eigenvalue weighted by Crippen LogP contribution is -2.38. The first-order chi connectivity index (χ1) is 7.74. The average Bonchev–Trinajstić information content (AvgIpc) is 2.21. The Balaban J connectivity index is 2.03. The lowest BCUT2D eigenvalue weighted by atomic mass is 10.2. The molecule has 0 bridgehead atoms. The Morgan fingerprint density at radius 3 is 2.94 bits per heavy atom. The third-order valence-corrected chi connectivity index (χ3v) is 2.19. The van der Waals surface area contributed by atoms with Crippen molar-refractivity contribution in [3.8, 4) is 5.75 Å². The highest BCUT2D eigenvalue weighted by molar-refractivity contribution is 5.85. The molecular formula is C12H12O4. The summed E-state index contributed by atoms with van der Waals surface area (Å²) in [6.07, 6.45) is 2.76. The van der Waals surface area contributed by atoms with Gasteiger partial charge in [0.05, 0.1) is 13.2 Å². The molecule has 0 radical (unpaired) electrons. The maximum Gasteiger partial charge on any atom is 0.328 e. The van der Waals surface area contributed by atoms with E-state index in [-0.39, 0.29) is 6.10 Å². The number of hydrogen-bond acceptors (Lipinski definition) is 3. The van der Waals surface area contributed by atoms with Gasteiger partial charge in [-0.25, -0.2) is 4.79 Å². The first-order valence-corrected chi connectivity index (χ1v) is 4.99. The zero-order chi connectivity index (χ0) is 11.4. The third kappa shape index (κ3) is 2.84. The van der Waals surface area contributed by atoms with E-state index in [1.54, 1.807) is 6.07 Å². The second-order valence-electron chi connectivity index (χ2n) is 3.52. The SMILES string of the molecule is O=C(O)/C=C/c1cccc(OC2COC2)c1. The Labute approximate surface area is 93.1 Å². The van der Waals surface area contributed by atoms with Gasteiger partial charge in [-0.15, -0.1) is 0 Å². The van der Waals surface area contributed by atoms with Crippen molar-refractivity contribution in [1.82, 2.24) is 0 Å². The van der Waals surface area contributed by atoms with E-state index in [9.17, 15) is 4.79 Å². The van der Waals surface area contributed by atoms with Crippen LogP contribution in [0.15, 0.2) is 30.3 Å². The minimum absolute atomic E-state index is 0.124. The van der Waals surface area contributed by atoms with Crippen molar-refractivity contribution in [3.63, 3.8) is 0 Å². The van der Waals surface area contributed by atoms with Gasteiger partial charge in [-0.05, 0) is 23.8 Å². The molecule has 0 saturated carbocycles. The average molecular weight is 220 g/mol. The zero-order valence-electron chi connectivity index (χ0n) is 8.63. The van der Waals surface area contributed by atoms with Crippen LogP contribution in [0, 0.1) is 0 Å². The topological polar surface area (TPSA) is 55.8 Å². The fraction of sp³-hybridized carbons (Fsp3) is 0.250. The van der Waals surface area contributed by atoms with Gasteiger partial charge in [0.25, 0.3) is 0 Å². The van der Waals surface area contributed by atoms with Gasteiger partial charge in [0.15, 0.2) is 0 Å². The van der Waals surface area contributed by atoms with Gasteiger partial charge in [-0.3, -0.25) is 0 Å². The number of carbonyl (C=O) groups is 1. The van der Waals surface area contributed by atoms with Crippen LogP contribution >= 0.6 is 0 Å². The molecule has 1 aromatic rings. The van der Waals surface area contributed by atoms with E-state index in [1.165, 1.54) is 6.08 Å². The molecular weight excluding hydrogens is 208 g/mol. The second kappa shape index (κ2) is 4.81. The Morgan fingerprint density at radius 2 is 2.31 bits per heavy atom. The van der Waals surface area contributed by atoms with Gasteiger partial charge >= 0.3 is 5.97 Å². The van der Waals surface area contributed by atoms with Crippen LogP contribution in [-0.2, 0) is 9.53 Å². The monoisotopic (exact) mass is 220 g/mol. The van der Waals surface area contributed by atoms with Crippen LogP contribution in [0.1, 0.15) is 5.56 Å². The molecule has 1 fully saturated rings. The van der Waals surface area contributed by atoms with E-state index in [0.717, 1.165) is 17.4 Å². The van der Waals surface area contributed by atoms with E-state index >= 15 is 0 Å². The summed E-state index contributed by atoms with van der Waals surface area (Å²) in [7, 11) is 0. The maximum absolute atomic E-state index is 10.4. The Morgan fingerprint density at radius 1 is 1.50 bits per heavy atom. The zero-order valence-corrected chi connectivity index (χ0v) is 8.63. The number of carboxylic acid groups (broad SMARTS) is 1. The summed E-state index contributed by atoms with van der Waals surface area (Å²) in [4.78, 5) is 10.4. The molecule has 1 heterocycles. The van der Waals surface area contributed by atoms with Crippen LogP contribution < -0.4 is 4.74 Å². The minimum atomic E-state index is -0.960. The molecule has 0 aliphatic carbocycles. The number of benzene rings is 1. The summed E-state index contributed by atoms with van der Waals surface area (Å²) < 4.78 is 10.6. The van der Waals surface area contributed by atoms with Crippen molar-refractivity contribution in [2.24, 2.45) is 0 Å². The molecule has 4 nitrogen and oxygen atoms in total. The molecule has 0 amide bonds. The van der Waals surface area contributed by atoms with Crippen molar-refractivity contribution < 1.29 is 19.4 Å². The summed E-state index contributed by atoms with van der Waals surface area (Å²) >= 11 is 0. The van der Waals surface area contributed by atoms with Gasteiger partial charge in [-0.2, -0.15) is 0 Å². The molecule has 1 N–H and O–H groups in total. The van der Waals surface area contributed by atoms with Gasteiger partial charge in [0.2, 0.25) is 0 Å². The van der Waals surface area contributed by atoms with E-state index in [1.807, 2.05) is 18.2 Å². The Bertz CT molecular complexity index is 407. The van der Waals surface area contributed by atoms with Crippen molar-refractivity contribution >= 4 is 12.0 Å². The lowest BCUT2D eigenvalue weighted by Gasteiger charge is -2.26. The van der Waals surface area contributed by atoms with Crippen molar-refractivity contribution in [2.75, 3.05) is 13.2 Å². The molecule has 84 valence electrons. The van der Waals surface area contributed by atoms with E-state index in [4.69, 9.17) is 14.6 Å². The molecule has 1 saturated heterocycles. The van der Waals surface area contributed by atoms with E-state index in [2.05, 4.69) is 0 Å². The van der Waals surface area contributed by atoms with Crippen LogP contribution in [0.2, 0.25) is 0 Å². The normalized spacial score (nSPS) is 16.0. The summed E-state index contributed by atoms with van der Waals surface area (Å²) in [5.41, 5.74) is 0.806. The molecule has 0 unspecified atom stereocenters. The highest BCUT2D eigenvalue weighted by atomic mass is 16.6. The van der Waals surface area contributed by atoms with Gasteiger partial charge in [-0.1, -0.05) is 12.1 Å². The standard InChI is InChI=1S/C12H12O4/c13-12(14)5-4-9-2-1-3-10(6-9)16-11-7-15-8-11/h1-6,11H,7-8H2,(H,13,14)/b5-4+. The quantitative estimate of drug-likeness (QED) is 0.782. The number of rotatable bonds is 4. The smallest absolute Gasteiger partial charge is 0.328 e. The van der Waals surface area contributed by atoms with Crippen molar-refractivity contribution in [2.45, 2.75) is 6.10 Å². The third-order valence-electron chi connectivity index (χ3n) is 2.19. The first-order valence-electron chi connectivity index (χ1n) is 4.99. The van der Waals surface area contributed by atoms with E-state index in [0.29, 0.717) is 13.2 Å². The minimum Gasteiger partial charge on any atom is -0.486 e. The number of aliphatic carboxylic acids is 1. The summed E-state index contributed by atoms with van der Waals surface area (Å²) in [5, 5.41) is 8.50. The number of ether oxygens (including phenoxy) is 2. The van der Waals surface area contributed by atoms with Gasteiger partial charge in [0.1, 0.15) is 11.9 Å². The summed E-state index contributed by atoms with van der Waals surface area (Å²) in [5.74, 6) is -0.223. The fourth-order valence-corrected chi connectivity index (χ4v) is 1.33. The second-order valence-corrected chi connectivity index (χ2v) is 3.52. The number of carboxylic acids is 1. The highest BCUT2D eigenvalue weighted by Gasteiger charge is 2.19. The van der Waals surface area contributed by atoms with Crippen LogP contribution in [0.5, 0.6) is 5.75 Å². The molecule has 1 aliphatic rings. The fourth-order valence-electron chi connectivity index (χ4n) is 1.33.